The number of anilines is 2. The molecule has 2 N–H and O–H groups in total. The van der Waals surface area contributed by atoms with Gasteiger partial charge in [-0.05, 0) is 60.3 Å². The quantitative estimate of drug-likeness (QED) is 0.642. The monoisotopic (exact) mass is 500 g/mol. The fourth-order valence-corrected chi connectivity index (χ4v) is 5.34. The number of fused-ring (bicyclic) bond motifs is 3. The van der Waals surface area contributed by atoms with Crippen molar-refractivity contribution < 1.29 is 9.90 Å². The fourth-order valence-electron chi connectivity index (χ4n) is 4.92. The molecule has 1 unspecified atom stereocenters. The van der Waals surface area contributed by atoms with Crippen LogP contribution >= 0.6 is 15.9 Å². The van der Waals surface area contributed by atoms with Crippen LogP contribution in [0.5, 0.6) is 5.75 Å². The van der Waals surface area contributed by atoms with Crippen molar-refractivity contribution in [3.63, 3.8) is 0 Å². The highest BCUT2D eigenvalue weighted by molar-refractivity contribution is 9.10. The van der Waals surface area contributed by atoms with E-state index in [0.29, 0.717) is 41.1 Å². The number of guanidine groups is 1. The van der Waals surface area contributed by atoms with Crippen LogP contribution in [0, 0.1) is 0 Å². The summed E-state index contributed by atoms with van der Waals surface area (Å²) in [6.07, 6.45) is 5.94. The number of phenols is 1. The molecule has 0 spiro atoms. The molecule has 1 aromatic heterocycles. The molecule has 2 aliphatic heterocycles. The van der Waals surface area contributed by atoms with E-state index in [4.69, 9.17) is 9.98 Å². The Kier molecular flexibility index (Phi) is 5.61. The molecule has 1 aromatic carbocycles. The van der Waals surface area contributed by atoms with Crippen molar-refractivity contribution in [1.82, 2.24) is 14.5 Å². The number of nitrogens with zero attached hydrogens (tertiary/aromatic N) is 5. The second-order valence-electron chi connectivity index (χ2n) is 8.90. The SMILES string of the molecule is CCN1C(=O)c2c(nc(NC3CCCCC3)n2Cc2ccc(O)c(Br)c2)N2CC(C)N=C12. The Morgan fingerprint density at radius 1 is 1.25 bits per heavy atom. The van der Waals surface area contributed by atoms with Gasteiger partial charge in [0.25, 0.3) is 5.91 Å². The summed E-state index contributed by atoms with van der Waals surface area (Å²) in [6.45, 7) is 5.80. The Morgan fingerprint density at radius 3 is 2.75 bits per heavy atom. The largest absolute Gasteiger partial charge is 0.507 e. The number of hydrogen-bond donors (Lipinski definition) is 2. The molecule has 0 radical (unpaired) electrons. The van der Waals surface area contributed by atoms with Gasteiger partial charge in [0, 0.05) is 19.1 Å². The predicted octanol–water partition coefficient (Wildman–Crippen LogP) is 4.18. The second kappa shape index (κ2) is 8.42. The molecular weight excluding hydrogens is 472 g/mol. The highest BCUT2D eigenvalue weighted by Gasteiger charge is 2.43. The van der Waals surface area contributed by atoms with Crippen LogP contribution in [0.3, 0.4) is 0 Å². The van der Waals surface area contributed by atoms with Gasteiger partial charge in [0.05, 0.1) is 17.1 Å². The minimum atomic E-state index is -0.0614. The number of benzene rings is 1. The molecule has 5 rings (SSSR count). The van der Waals surface area contributed by atoms with Crippen LogP contribution in [0.2, 0.25) is 0 Å². The van der Waals surface area contributed by atoms with Crippen molar-refractivity contribution in [3.05, 3.63) is 33.9 Å². The van der Waals surface area contributed by atoms with Crippen molar-refractivity contribution in [3.8, 4) is 5.75 Å². The van der Waals surface area contributed by atoms with Gasteiger partial charge in [-0.1, -0.05) is 25.3 Å². The Morgan fingerprint density at radius 2 is 2.03 bits per heavy atom. The van der Waals surface area contributed by atoms with Crippen LogP contribution in [0.15, 0.2) is 27.7 Å². The first kappa shape index (κ1) is 21.3. The minimum Gasteiger partial charge on any atom is -0.507 e. The zero-order valence-electron chi connectivity index (χ0n) is 18.5. The summed E-state index contributed by atoms with van der Waals surface area (Å²) in [6, 6.07) is 5.92. The van der Waals surface area contributed by atoms with Gasteiger partial charge >= 0.3 is 0 Å². The van der Waals surface area contributed by atoms with Crippen LogP contribution in [0.1, 0.15) is 62.0 Å². The number of imidazole rings is 1. The molecule has 170 valence electrons. The van der Waals surface area contributed by atoms with E-state index in [0.717, 1.165) is 30.9 Å². The Labute approximate surface area is 196 Å². The molecule has 0 bridgehead atoms. The molecule has 1 aliphatic carbocycles. The lowest BCUT2D eigenvalue weighted by atomic mass is 9.96. The molecule has 1 saturated carbocycles. The predicted molar refractivity (Wildman–Crippen MR) is 129 cm³/mol. The zero-order chi connectivity index (χ0) is 22.4. The summed E-state index contributed by atoms with van der Waals surface area (Å²) in [5.41, 5.74) is 1.58. The van der Waals surface area contributed by atoms with Crippen molar-refractivity contribution in [2.75, 3.05) is 23.3 Å². The summed E-state index contributed by atoms with van der Waals surface area (Å²) in [5, 5.41) is 13.6. The molecule has 2 aromatic rings. The first-order valence-electron chi connectivity index (χ1n) is 11.5. The Bertz CT molecular complexity index is 1070. The maximum Gasteiger partial charge on any atom is 0.281 e. The molecule has 1 amide bonds. The van der Waals surface area contributed by atoms with Crippen molar-refractivity contribution in [2.24, 2.45) is 4.99 Å². The van der Waals surface area contributed by atoms with E-state index in [-0.39, 0.29) is 17.7 Å². The number of aliphatic imine (C=N–C) groups is 1. The summed E-state index contributed by atoms with van der Waals surface area (Å²) in [4.78, 5) is 27.1. The van der Waals surface area contributed by atoms with Crippen molar-refractivity contribution in [1.29, 1.82) is 0 Å². The fraction of sp³-hybridized carbons (Fsp3) is 0.522. The van der Waals surface area contributed by atoms with Gasteiger partial charge in [0.2, 0.25) is 11.9 Å². The lowest BCUT2D eigenvalue weighted by Gasteiger charge is -2.32. The molecular formula is C23H29BrN6O2. The van der Waals surface area contributed by atoms with E-state index in [1.165, 1.54) is 19.3 Å². The standard InChI is InChI=1S/C23H29BrN6O2/c1-3-28-21(32)19-20(30-12-14(2)25-23(28)30)27-22(26-16-7-5-4-6-8-16)29(19)13-15-9-10-18(31)17(24)11-15/h9-11,14,16,31H,3-8,12-13H2,1-2H3,(H,26,27). The average Bonchev–Trinajstić information content (AvgIpc) is 3.33. The van der Waals surface area contributed by atoms with Crippen LogP contribution < -0.4 is 10.2 Å². The summed E-state index contributed by atoms with van der Waals surface area (Å²) in [5.74, 6) is 2.27. The van der Waals surface area contributed by atoms with Crippen LogP contribution in [0.25, 0.3) is 0 Å². The topological polar surface area (TPSA) is 86.0 Å². The van der Waals surface area contributed by atoms with Gasteiger partial charge in [-0.3, -0.25) is 19.2 Å². The molecule has 8 nitrogen and oxygen atoms in total. The number of amides is 1. The third-order valence-corrected chi connectivity index (χ3v) is 7.16. The van der Waals surface area contributed by atoms with Gasteiger partial charge in [-0.15, -0.1) is 0 Å². The van der Waals surface area contributed by atoms with Crippen LogP contribution in [-0.2, 0) is 6.54 Å². The highest BCUT2D eigenvalue weighted by atomic mass is 79.9. The van der Waals surface area contributed by atoms with E-state index in [1.54, 1.807) is 11.0 Å². The zero-order valence-corrected chi connectivity index (χ0v) is 20.1. The first-order chi connectivity index (χ1) is 15.5. The third kappa shape index (κ3) is 3.66. The van der Waals surface area contributed by atoms with Gasteiger partial charge in [-0.2, -0.15) is 4.98 Å². The maximum absolute atomic E-state index is 13.6. The number of rotatable bonds is 5. The Hall–Kier alpha value is -2.55. The number of carbonyl (C=O) groups is 1. The summed E-state index contributed by atoms with van der Waals surface area (Å²) >= 11 is 3.41. The van der Waals surface area contributed by atoms with E-state index in [1.807, 2.05) is 23.6 Å². The molecule has 9 heteroatoms. The molecule has 0 saturated heterocycles. The Balaban J connectivity index is 1.60. The van der Waals surface area contributed by atoms with E-state index < -0.39 is 0 Å². The number of hydrogen-bond acceptors (Lipinski definition) is 6. The number of aromatic hydroxyl groups is 1. The van der Waals surface area contributed by atoms with Gasteiger partial charge < -0.3 is 10.4 Å². The normalized spacial score (nSPS) is 20.9. The lowest BCUT2D eigenvalue weighted by Crippen LogP contribution is -2.50. The molecule has 32 heavy (non-hydrogen) atoms. The molecule has 3 heterocycles. The third-order valence-electron chi connectivity index (χ3n) is 6.53. The number of aromatic nitrogens is 2. The van der Waals surface area contributed by atoms with Gasteiger partial charge in [0.15, 0.2) is 11.5 Å². The van der Waals surface area contributed by atoms with Crippen LogP contribution in [0.4, 0.5) is 11.8 Å². The van der Waals surface area contributed by atoms with E-state index >= 15 is 0 Å². The number of halogens is 1. The van der Waals surface area contributed by atoms with Gasteiger partial charge in [0.1, 0.15) is 5.75 Å². The number of carbonyl (C=O) groups excluding carboxylic acids is 1. The highest BCUT2D eigenvalue weighted by Crippen LogP contribution is 2.36. The van der Waals surface area contributed by atoms with E-state index in [2.05, 4.69) is 33.1 Å². The summed E-state index contributed by atoms with van der Waals surface area (Å²) < 4.78 is 2.64. The summed E-state index contributed by atoms with van der Waals surface area (Å²) in [7, 11) is 0. The molecule has 1 atom stereocenters. The van der Waals surface area contributed by atoms with Crippen molar-refractivity contribution in [2.45, 2.75) is 64.6 Å². The number of phenolic OH excluding ortho intramolecular Hbond substituents is 1. The average molecular weight is 501 g/mol. The minimum absolute atomic E-state index is 0.0614. The lowest BCUT2D eigenvalue weighted by molar-refractivity contribution is 0.0836. The second-order valence-corrected chi connectivity index (χ2v) is 9.75. The molecule has 3 aliphatic rings. The van der Waals surface area contributed by atoms with Crippen molar-refractivity contribution >= 4 is 39.6 Å². The van der Waals surface area contributed by atoms with E-state index in [9.17, 15) is 9.90 Å². The van der Waals surface area contributed by atoms with Crippen LogP contribution in [-0.4, -0.2) is 56.6 Å². The molecule has 1 fully saturated rings. The van der Waals surface area contributed by atoms with Gasteiger partial charge in [-0.25, -0.2) is 4.99 Å². The first-order valence-corrected chi connectivity index (χ1v) is 12.3. The number of nitrogens with one attached hydrogen (secondary N) is 1. The maximum atomic E-state index is 13.6. The smallest absolute Gasteiger partial charge is 0.281 e.